The number of allylic oxidation sites excluding steroid dienone is 1. The highest BCUT2D eigenvalue weighted by Gasteiger charge is 2.15. The van der Waals surface area contributed by atoms with Crippen molar-refractivity contribution in [1.82, 2.24) is 14.8 Å². The van der Waals surface area contributed by atoms with E-state index in [1.807, 2.05) is 60.0 Å². The van der Waals surface area contributed by atoms with Gasteiger partial charge in [0.25, 0.3) is 0 Å². The van der Waals surface area contributed by atoms with E-state index in [1.165, 1.54) is 11.8 Å². The number of methoxy groups -OCH3 is 1. The number of nitrogens with one attached hydrogen (secondary N) is 1. The quantitative estimate of drug-likeness (QED) is 0.458. The first-order valence-electron chi connectivity index (χ1n) is 8.79. The van der Waals surface area contributed by atoms with Gasteiger partial charge in [-0.3, -0.25) is 9.36 Å². The van der Waals surface area contributed by atoms with Crippen molar-refractivity contribution < 1.29 is 9.53 Å². The number of hydrogen-bond donors (Lipinski definition) is 1. The highest BCUT2D eigenvalue weighted by atomic mass is 32.2. The monoisotopic (exact) mass is 394 g/mol. The topological polar surface area (TPSA) is 69.0 Å². The second-order valence-corrected chi connectivity index (χ2v) is 7.03. The second kappa shape index (κ2) is 9.23. The summed E-state index contributed by atoms with van der Waals surface area (Å²) in [7, 11) is 1.63. The Morgan fingerprint density at radius 1 is 1.21 bits per heavy atom. The van der Waals surface area contributed by atoms with Gasteiger partial charge in [0.2, 0.25) is 5.91 Å². The Kier molecular flexibility index (Phi) is 6.49. The van der Waals surface area contributed by atoms with Crippen LogP contribution in [0.25, 0.3) is 11.4 Å². The smallest absolute Gasteiger partial charge is 0.234 e. The summed E-state index contributed by atoms with van der Waals surface area (Å²) in [5.74, 6) is 1.66. The van der Waals surface area contributed by atoms with Crippen molar-refractivity contribution in [2.45, 2.75) is 18.6 Å². The predicted molar refractivity (Wildman–Crippen MR) is 113 cm³/mol. The van der Waals surface area contributed by atoms with Crippen LogP contribution in [0.15, 0.2) is 66.3 Å². The van der Waals surface area contributed by atoms with Gasteiger partial charge in [-0.15, -0.1) is 16.8 Å². The van der Waals surface area contributed by atoms with Crippen molar-refractivity contribution >= 4 is 23.4 Å². The number of para-hydroxylation sites is 1. The van der Waals surface area contributed by atoms with Crippen molar-refractivity contribution in [2.24, 2.45) is 0 Å². The highest BCUT2D eigenvalue weighted by molar-refractivity contribution is 7.99. The first-order valence-corrected chi connectivity index (χ1v) is 9.77. The third-order valence-corrected chi connectivity index (χ3v) is 5.10. The van der Waals surface area contributed by atoms with E-state index in [2.05, 4.69) is 22.1 Å². The van der Waals surface area contributed by atoms with E-state index in [-0.39, 0.29) is 11.7 Å². The fourth-order valence-electron chi connectivity index (χ4n) is 2.67. The number of thioether (sulfide) groups is 1. The molecule has 7 heteroatoms. The maximum atomic E-state index is 12.3. The number of aromatic nitrogens is 3. The van der Waals surface area contributed by atoms with E-state index >= 15 is 0 Å². The van der Waals surface area contributed by atoms with Gasteiger partial charge < -0.3 is 10.1 Å². The van der Waals surface area contributed by atoms with Gasteiger partial charge in [-0.05, 0) is 42.8 Å². The Balaban J connectivity index is 1.73. The molecule has 0 aliphatic heterocycles. The maximum Gasteiger partial charge on any atom is 0.234 e. The minimum atomic E-state index is -0.0848. The van der Waals surface area contributed by atoms with Crippen molar-refractivity contribution in [2.75, 3.05) is 18.2 Å². The molecule has 3 rings (SSSR count). The highest BCUT2D eigenvalue weighted by Crippen LogP contribution is 2.26. The molecule has 0 unspecified atom stereocenters. The lowest BCUT2D eigenvalue weighted by molar-refractivity contribution is -0.113. The molecule has 0 bridgehead atoms. The summed E-state index contributed by atoms with van der Waals surface area (Å²) in [6.07, 6.45) is 1.79. The number of hydrogen-bond acceptors (Lipinski definition) is 5. The Hall–Kier alpha value is -3.06. The van der Waals surface area contributed by atoms with Gasteiger partial charge >= 0.3 is 0 Å². The van der Waals surface area contributed by atoms with E-state index in [0.29, 0.717) is 11.7 Å². The second-order valence-electron chi connectivity index (χ2n) is 6.09. The average molecular weight is 395 g/mol. The van der Waals surface area contributed by atoms with Crippen LogP contribution in [0.1, 0.15) is 5.56 Å². The van der Waals surface area contributed by atoms with Crippen molar-refractivity contribution in [3.63, 3.8) is 0 Å². The minimum Gasteiger partial charge on any atom is -0.497 e. The number of nitrogens with zero attached hydrogens (tertiary/aromatic N) is 3. The molecular weight excluding hydrogens is 372 g/mol. The molecule has 1 aromatic heterocycles. The van der Waals surface area contributed by atoms with Crippen molar-refractivity contribution in [1.29, 1.82) is 0 Å². The molecule has 0 spiro atoms. The summed E-state index contributed by atoms with van der Waals surface area (Å²) >= 11 is 1.35. The molecule has 0 radical (unpaired) electrons. The van der Waals surface area contributed by atoms with Gasteiger partial charge in [0, 0.05) is 17.8 Å². The molecule has 0 fully saturated rings. The molecule has 1 N–H and O–H groups in total. The fourth-order valence-corrected chi connectivity index (χ4v) is 3.42. The zero-order valence-corrected chi connectivity index (χ0v) is 16.7. The molecule has 0 atom stereocenters. The zero-order chi connectivity index (χ0) is 19.9. The molecule has 0 aliphatic rings. The first-order chi connectivity index (χ1) is 13.6. The number of amides is 1. The van der Waals surface area contributed by atoms with Crippen LogP contribution in [0.4, 0.5) is 5.69 Å². The van der Waals surface area contributed by atoms with Gasteiger partial charge in [-0.25, -0.2) is 0 Å². The number of carbonyl (C=O) groups is 1. The summed E-state index contributed by atoms with van der Waals surface area (Å²) in [5.41, 5.74) is 2.77. The Labute approximate surface area is 168 Å². The Morgan fingerprint density at radius 3 is 2.64 bits per heavy atom. The standard InChI is InChI=1S/C21H22N4O2S/c1-4-13-25-20(16-9-11-17(27-3)12-10-16)23-24-21(25)28-14-19(26)22-18-8-6-5-7-15(18)2/h4-12H,1,13-14H2,2-3H3,(H,22,26). The molecule has 2 aromatic carbocycles. The Morgan fingerprint density at radius 2 is 1.96 bits per heavy atom. The lowest BCUT2D eigenvalue weighted by Gasteiger charge is -2.09. The number of rotatable bonds is 8. The lowest BCUT2D eigenvalue weighted by atomic mass is 10.2. The number of anilines is 1. The van der Waals surface area contributed by atoms with Gasteiger partial charge in [0.05, 0.1) is 12.9 Å². The van der Waals surface area contributed by atoms with Gasteiger partial charge in [-0.1, -0.05) is 36.0 Å². The SMILES string of the molecule is C=CCn1c(SCC(=O)Nc2ccccc2C)nnc1-c1ccc(OC)cc1. The van der Waals surface area contributed by atoms with Crippen LogP contribution in [0.5, 0.6) is 5.75 Å². The van der Waals surface area contributed by atoms with Crippen molar-refractivity contribution in [3.05, 3.63) is 66.7 Å². The van der Waals surface area contributed by atoms with Gasteiger partial charge in [0.15, 0.2) is 11.0 Å². The van der Waals surface area contributed by atoms with Crippen LogP contribution in [0.2, 0.25) is 0 Å². The summed E-state index contributed by atoms with van der Waals surface area (Å²) in [6.45, 7) is 6.33. The van der Waals surface area contributed by atoms with E-state index in [4.69, 9.17) is 4.74 Å². The molecule has 6 nitrogen and oxygen atoms in total. The molecule has 1 amide bonds. The number of carbonyl (C=O) groups excluding carboxylic acids is 1. The molecule has 0 saturated heterocycles. The van der Waals surface area contributed by atoms with Crippen LogP contribution in [0, 0.1) is 6.92 Å². The van der Waals surface area contributed by atoms with Crippen LogP contribution >= 0.6 is 11.8 Å². The molecule has 1 heterocycles. The van der Waals surface area contributed by atoms with Crippen LogP contribution in [-0.2, 0) is 11.3 Å². The van der Waals surface area contributed by atoms with Gasteiger partial charge in [-0.2, -0.15) is 0 Å². The van der Waals surface area contributed by atoms with Crippen LogP contribution < -0.4 is 10.1 Å². The molecule has 3 aromatic rings. The number of ether oxygens (including phenoxy) is 1. The van der Waals surface area contributed by atoms with E-state index in [0.717, 1.165) is 28.4 Å². The molecule has 28 heavy (non-hydrogen) atoms. The summed E-state index contributed by atoms with van der Waals surface area (Å²) in [5, 5.41) is 12.2. The molecule has 144 valence electrons. The number of aryl methyl sites for hydroxylation is 1. The molecule has 0 saturated carbocycles. The normalized spacial score (nSPS) is 10.5. The largest absolute Gasteiger partial charge is 0.497 e. The third kappa shape index (κ3) is 4.61. The average Bonchev–Trinajstić information content (AvgIpc) is 3.11. The molecule has 0 aliphatic carbocycles. The third-order valence-electron chi connectivity index (χ3n) is 4.13. The van der Waals surface area contributed by atoms with Gasteiger partial charge in [0.1, 0.15) is 5.75 Å². The minimum absolute atomic E-state index is 0.0848. The van der Waals surface area contributed by atoms with E-state index in [1.54, 1.807) is 13.2 Å². The zero-order valence-electron chi connectivity index (χ0n) is 15.9. The maximum absolute atomic E-state index is 12.3. The van der Waals surface area contributed by atoms with Crippen LogP contribution in [-0.4, -0.2) is 33.5 Å². The van der Waals surface area contributed by atoms with E-state index < -0.39 is 0 Å². The summed E-state index contributed by atoms with van der Waals surface area (Å²) in [4.78, 5) is 12.3. The summed E-state index contributed by atoms with van der Waals surface area (Å²) < 4.78 is 7.15. The molecular formula is C21H22N4O2S. The van der Waals surface area contributed by atoms with Crippen molar-refractivity contribution in [3.8, 4) is 17.1 Å². The Bertz CT molecular complexity index is 967. The fraction of sp³-hybridized carbons (Fsp3) is 0.190. The van der Waals surface area contributed by atoms with Crippen LogP contribution in [0.3, 0.4) is 0 Å². The summed E-state index contributed by atoms with van der Waals surface area (Å²) in [6, 6.07) is 15.3. The first kappa shape index (κ1) is 19.7. The number of benzene rings is 2. The lowest BCUT2D eigenvalue weighted by Crippen LogP contribution is -2.15. The predicted octanol–water partition coefficient (Wildman–Crippen LogP) is 4.18. The van der Waals surface area contributed by atoms with E-state index in [9.17, 15) is 4.79 Å².